The molecule has 6 nitrogen and oxygen atoms in total. The Morgan fingerprint density at radius 3 is 2.09 bits per heavy atom. The number of rotatable bonds is 4. The lowest BCUT2D eigenvalue weighted by Crippen LogP contribution is -2.23. The van der Waals surface area contributed by atoms with Crippen LogP contribution in [0.15, 0.2) is 96.1 Å². The van der Waals surface area contributed by atoms with E-state index in [1.54, 1.807) is 54.6 Å². The number of hydrazone groups is 1. The van der Waals surface area contributed by atoms with Crippen LogP contribution >= 0.6 is 0 Å². The van der Waals surface area contributed by atoms with E-state index in [1.165, 1.54) is 6.21 Å². The van der Waals surface area contributed by atoms with Gasteiger partial charge in [-0.05, 0) is 58.8 Å². The van der Waals surface area contributed by atoms with E-state index in [2.05, 4.69) is 5.10 Å². The zero-order chi connectivity index (χ0) is 22.1. The number of carbonyl (C=O) groups is 3. The number of imide groups is 1. The Morgan fingerprint density at radius 2 is 1.38 bits per heavy atom. The number of hydrogen-bond acceptors (Lipinski definition) is 5. The van der Waals surface area contributed by atoms with Crippen molar-refractivity contribution in [3.63, 3.8) is 0 Å². The van der Waals surface area contributed by atoms with Gasteiger partial charge in [0.15, 0.2) is 0 Å². The SMILES string of the molecule is O=C(Oc1ccc(/C=N/N2C(=O)c3ccccc3C2=O)cc1)c1cccc2ccccc12. The van der Waals surface area contributed by atoms with E-state index in [9.17, 15) is 14.4 Å². The standard InChI is InChI=1S/C26H16N2O4/c29-24-21-9-3-4-10-22(21)25(30)28(24)27-16-17-12-14-19(15-13-17)32-26(31)23-11-5-7-18-6-1-2-8-20(18)23/h1-16H/b27-16+. The zero-order valence-corrected chi connectivity index (χ0v) is 16.8. The summed E-state index contributed by atoms with van der Waals surface area (Å²) in [4.78, 5) is 37.4. The number of fused-ring (bicyclic) bond motifs is 2. The molecule has 154 valence electrons. The summed E-state index contributed by atoms with van der Waals surface area (Å²) in [5.41, 5.74) is 1.81. The maximum absolute atomic E-state index is 12.7. The van der Waals surface area contributed by atoms with Crippen molar-refractivity contribution in [1.29, 1.82) is 0 Å². The van der Waals surface area contributed by atoms with Gasteiger partial charge in [0.25, 0.3) is 11.8 Å². The topological polar surface area (TPSA) is 76.0 Å². The predicted molar refractivity (Wildman–Crippen MR) is 120 cm³/mol. The number of nitrogens with zero attached hydrogens (tertiary/aromatic N) is 2. The van der Waals surface area contributed by atoms with Crippen LogP contribution < -0.4 is 4.74 Å². The van der Waals surface area contributed by atoms with Crippen molar-refractivity contribution >= 4 is 34.8 Å². The lowest BCUT2D eigenvalue weighted by Gasteiger charge is -2.08. The smallest absolute Gasteiger partial charge is 0.344 e. The summed E-state index contributed by atoms with van der Waals surface area (Å²) >= 11 is 0. The number of amides is 2. The molecule has 4 aromatic carbocycles. The van der Waals surface area contributed by atoms with E-state index in [1.807, 2.05) is 36.4 Å². The average molecular weight is 420 g/mol. The molecule has 0 atom stereocenters. The summed E-state index contributed by atoms with van der Waals surface area (Å²) in [7, 11) is 0. The van der Waals surface area contributed by atoms with E-state index in [4.69, 9.17) is 4.74 Å². The molecule has 6 heteroatoms. The second-order valence-corrected chi connectivity index (χ2v) is 7.20. The molecule has 0 spiro atoms. The molecule has 2 amide bonds. The Kier molecular flexibility index (Phi) is 4.80. The predicted octanol–water partition coefficient (Wildman–Crippen LogP) is 4.69. The molecule has 0 saturated carbocycles. The van der Waals surface area contributed by atoms with E-state index in [0.717, 1.165) is 15.8 Å². The van der Waals surface area contributed by atoms with Gasteiger partial charge in [-0.3, -0.25) is 9.59 Å². The first-order chi connectivity index (χ1) is 15.6. The summed E-state index contributed by atoms with van der Waals surface area (Å²) in [6, 6.07) is 26.3. The summed E-state index contributed by atoms with van der Waals surface area (Å²) < 4.78 is 5.52. The van der Waals surface area contributed by atoms with Gasteiger partial charge in [-0.1, -0.05) is 48.5 Å². The van der Waals surface area contributed by atoms with Gasteiger partial charge in [0.2, 0.25) is 0 Å². The van der Waals surface area contributed by atoms with Crippen molar-refractivity contribution < 1.29 is 19.1 Å². The van der Waals surface area contributed by atoms with Crippen molar-refractivity contribution in [3.05, 3.63) is 113 Å². The van der Waals surface area contributed by atoms with Gasteiger partial charge in [-0.15, -0.1) is 0 Å². The highest BCUT2D eigenvalue weighted by molar-refractivity contribution is 6.21. The Hall–Kier alpha value is -4.58. The minimum absolute atomic E-state index is 0.338. The van der Waals surface area contributed by atoms with Crippen LogP contribution in [-0.2, 0) is 0 Å². The highest BCUT2D eigenvalue weighted by atomic mass is 16.5. The Labute approximate surface area is 183 Å². The molecule has 0 aliphatic carbocycles. The first-order valence-electron chi connectivity index (χ1n) is 9.93. The molecule has 0 N–H and O–H groups in total. The van der Waals surface area contributed by atoms with Crippen LogP contribution in [0.3, 0.4) is 0 Å². The van der Waals surface area contributed by atoms with Crippen molar-refractivity contribution in [2.75, 3.05) is 0 Å². The fourth-order valence-corrected chi connectivity index (χ4v) is 3.59. The summed E-state index contributed by atoms with van der Waals surface area (Å²) in [6.07, 6.45) is 1.41. The molecule has 1 heterocycles. The third-order valence-corrected chi connectivity index (χ3v) is 5.20. The van der Waals surface area contributed by atoms with E-state index >= 15 is 0 Å². The molecule has 0 fully saturated rings. The maximum atomic E-state index is 12.7. The number of hydrogen-bond donors (Lipinski definition) is 0. The molecule has 32 heavy (non-hydrogen) atoms. The maximum Gasteiger partial charge on any atom is 0.344 e. The molecule has 0 radical (unpaired) electrons. The summed E-state index contributed by atoms with van der Waals surface area (Å²) in [6.45, 7) is 0. The van der Waals surface area contributed by atoms with Gasteiger partial charge in [0.1, 0.15) is 5.75 Å². The quantitative estimate of drug-likeness (QED) is 0.208. The Balaban J connectivity index is 1.30. The van der Waals surface area contributed by atoms with Gasteiger partial charge in [0.05, 0.1) is 22.9 Å². The highest BCUT2D eigenvalue weighted by Gasteiger charge is 2.35. The lowest BCUT2D eigenvalue weighted by atomic mass is 10.0. The second kappa shape index (κ2) is 7.92. The molecular weight excluding hydrogens is 404 g/mol. The summed E-state index contributed by atoms with van der Waals surface area (Å²) in [5, 5.41) is 6.67. The van der Waals surface area contributed by atoms with Crippen molar-refractivity contribution in [1.82, 2.24) is 5.01 Å². The normalized spacial score (nSPS) is 13.1. The van der Waals surface area contributed by atoms with Crippen molar-refractivity contribution in [2.24, 2.45) is 5.10 Å². The number of benzene rings is 4. The van der Waals surface area contributed by atoms with Crippen LogP contribution in [0.25, 0.3) is 10.8 Å². The van der Waals surface area contributed by atoms with Crippen LogP contribution in [0.1, 0.15) is 36.6 Å². The number of esters is 1. The lowest BCUT2D eigenvalue weighted by molar-refractivity contribution is 0.0658. The van der Waals surface area contributed by atoms with E-state index in [-0.39, 0.29) is 0 Å². The fraction of sp³-hybridized carbons (Fsp3) is 0. The fourth-order valence-electron chi connectivity index (χ4n) is 3.59. The molecule has 4 aromatic rings. The van der Waals surface area contributed by atoms with E-state index in [0.29, 0.717) is 28.0 Å². The average Bonchev–Trinajstić information content (AvgIpc) is 3.08. The third kappa shape index (κ3) is 3.44. The first kappa shape index (κ1) is 19.4. The molecule has 1 aliphatic heterocycles. The van der Waals surface area contributed by atoms with Crippen molar-refractivity contribution in [3.8, 4) is 5.75 Å². The monoisotopic (exact) mass is 420 g/mol. The zero-order valence-electron chi connectivity index (χ0n) is 16.8. The molecule has 1 aliphatic rings. The molecule has 0 saturated heterocycles. The van der Waals surface area contributed by atoms with Crippen LogP contribution in [0.2, 0.25) is 0 Å². The number of carbonyl (C=O) groups excluding carboxylic acids is 3. The first-order valence-corrected chi connectivity index (χ1v) is 9.93. The summed E-state index contributed by atoms with van der Waals surface area (Å²) in [5.74, 6) is -0.986. The second-order valence-electron chi connectivity index (χ2n) is 7.20. The van der Waals surface area contributed by atoms with Gasteiger partial charge >= 0.3 is 5.97 Å². The van der Waals surface area contributed by atoms with Gasteiger partial charge in [0, 0.05) is 0 Å². The third-order valence-electron chi connectivity index (χ3n) is 5.20. The molecular formula is C26H16N2O4. The number of ether oxygens (including phenoxy) is 1. The van der Waals surface area contributed by atoms with Crippen molar-refractivity contribution in [2.45, 2.75) is 0 Å². The van der Waals surface area contributed by atoms with Crippen LogP contribution in [0.5, 0.6) is 5.75 Å². The molecule has 0 unspecified atom stereocenters. The van der Waals surface area contributed by atoms with Gasteiger partial charge in [-0.25, -0.2) is 4.79 Å². The molecule has 5 rings (SSSR count). The Morgan fingerprint density at radius 1 is 0.750 bits per heavy atom. The minimum Gasteiger partial charge on any atom is -0.423 e. The minimum atomic E-state index is -0.456. The van der Waals surface area contributed by atoms with E-state index < -0.39 is 17.8 Å². The van der Waals surface area contributed by atoms with Gasteiger partial charge < -0.3 is 4.74 Å². The van der Waals surface area contributed by atoms with Gasteiger partial charge in [-0.2, -0.15) is 10.1 Å². The Bertz CT molecular complexity index is 1370. The van der Waals surface area contributed by atoms with Crippen LogP contribution in [0, 0.1) is 0 Å². The largest absolute Gasteiger partial charge is 0.423 e. The highest BCUT2D eigenvalue weighted by Crippen LogP contribution is 2.23. The van der Waals surface area contributed by atoms with Crippen LogP contribution in [-0.4, -0.2) is 29.0 Å². The molecule has 0 aromatic heterocycles. The van der Waals surface area contributed by atoms with Crippen LogP contribution in [0.4, 0.5) is 0 Å². The molecule has 0 bridgehead atoms.